The van der Waals surface area contributed by atoms with E-state index in [0.29, 0.717) is 16.7 Å². The monoisotopic (exact) mass is 291 g/mol. The summed E-state index contributed by atoms with van der Waals surface area (Å²) in [7, 11) is 0. The number of fused-ring (bicyclic) bond motifs is 2. The third kappa shape index (κ3) is 1.95. The smallest absolute Gasteiger partial charge is 0.0346 e. The summed E-state index contributed by atoms with van der Waals surface area (Å²) in [5.74, 6) is 1.46. The number of benzene rings is 1. The fraction of sp³-hybridized carbons (Fsp3) is 0.476. The Morgan fingerprint density at radius 1 is 1.05 bits per heavy atom. The third-order valence-electron chi connectivity index (χ3n) is 6.41. The van der Waals surface area contributed by atoms with Gasteiger partial charge < -0.3 is 0 Å². The molecule has 4 rings (SSSR count). The maximum Gasteiger partial charge on any atom is 0.0346 e. The highest BCUT2D eigenvalue weighted by Gasteiger charge is 2.52. The van der Waals surface area contributed by atoms with Gasteiger partial charge in [-0.2, -0.15) is 0 Å². The standard InChI is InChI=1S/C21H25N/c1-20(2)10-4-11-21(3)18(7-8-19(20)21)16-6-5-15-9-12-22-14-17(15)13-16/h4-6,9-10,12-14,18-19H,7-8,11H2,1-3H3. The van der Waals surface area contributed by atoms with Crippen molar-refractivity contribution in [1.82, 2.24) is 4.98 Å². The van der Waals surface area contributed by atoms with Crippen molar-refractivity contribution in [1.29, 1.82) is 0 Å². The molecule has 1 aromatic carbocycles. The van der Waals surface area contributed by atoms with E-state index in [1.807, 2.05) is 12.4 Å². The van der Waals surface area contributed by atoms with Crippen molar-refractivity contribution >= 4 is 10.8 Å². The van der Waals surface area contributed by atoms with Gasteiger partial charge in [0, 0.05) is 17.8 Å². The van der Waals surface area contributed by atoms with Crippen molar-refractivity contribution < 1.29 is 0 Å². The Labute approximate surface area is 133 Å². The fourth-order valence-electron chi connectivity index (χ4n) is 5.34. The van der Waals surface area contributed by atoms with Crippen LogP contribution in [0.4, 0.5) is 0 Å². The molecule has 0 aliphatic heterocycles. The number of allylic oxidation sites excluding steroid dienone is 2. The number of hydrogen-bond acceptors (Lipinski definition) is 1. The predicted octanol–water partition coefficient (Wildman–Crippen LogP) is 5.72. The summed E-state index contributed by atoms with van der Waals surface area (Å²) in [4.78, 5) is 4.29. The van der Waals surface area contributed by atoms with Crippen molar-refractivity contribution in [2.75, 3.05) is 0 Å². The van der Waals surface area contributed by atoms with Crippen molar-refractivity contribution in [3.63, 3.8) is 0 Å². The molecular weight excluding hydrogens is 266 g/mol. The Kier molecular flexibility index (Phi) is 2.98. The molecule has 1 nitrogen and oxygen atoms in total. The summed E-state index contributed by atoms with van der Waals surface area (Å²) in [5, 5.41) is 2.57. The predicted molar refractivity (Wildman–Crippen MR) is 92.9 cm³/mol. The van der Waals surface area contributed by atoms with E-state index in [2.05, 4.69) is 62.2 Å². The normalized spacial score (nSPS) is 33.0. The molecule has 2 aliphatic rings. The molecule has 3 unspecified atom stereocenters. The van der Waals surface area contributed by atoms with E-state index in [9.17, 15) is 0 Å². The van der Waals surface area contributed by atoms with Crippen LogP contribution in [0.25, 0.3) is 10.8 Å². The minimum absolute atomic E-state index is 0.333. The van der Waals surface area contributed by atoms with Crippen LogP contribution in [0.2, 0.25) is 0 Å². The van der Waals surface area contributed by atoms with Crippen molar-refractivity contribution in [2.24, 2.45) is 16.7 Å². The summed E-state index contributed by atoms with van der Waals surface area (Å²) in [6.07, 6.45) is 12.6. The van der Waals surface area contributed by atoms with Crippen LogP contribution in [-0.2, 0) is 0 Å². The maximum atomic E-state index is 4.29. The van der Waals surface area contributed by atoms with Crippen LogP contribution in [0.15, 0.2) is 48.8 Å². The number of pyridine rings is 1. The van der Waals surface area contributed by atoms with Gasteiger partial charge in [0.2, 0.25) is 0 Å². The van der Waals surface area contributed by atoms with Gasteiger partial charge in [-0.3, -0.25) is 4.98 Å². The molecule has 1 heteroatoms. The van der Waals surface area contributed by atoms with Gasteiger partial charge >= 0.3 is 0 Å². The van der Waals surface area contributed by atoms with Crippen LogP contribution in [0.1, 0.15) is 51.5 Å². The first-order valence-electron chi connectivity index (χ1n) is 8.52. The first-order valence-corrected chi connectivity index (χ1v) is 8.52. The molecule has 3 atom stereocenters. The van der Waals surface area contributed by atoms with Gasteiger partial charge in [0.25, 0.3) is 0 Å². The van der Waals surface area contributed by atoms with Crippen molar-refractivity contribution in [3.05, 3.63) is 54.4 Å². The number of hydrogen-bond donors (Lipinski definition) is 0. The summed E-state index contributed by atoms with van der Waals surface area (Å²) < 4.78 is 0. The lowest BCUT2D eigenvalue weighted by Crippen LogP contribution is -2.38. The molecule has 0 amide bonds. The van der Waals surface area contributed by atoms with Gasteiger partial charge in [-0.15, -0.1) is 0 Å². The van der Waals surface area contributed by atoms with Crippen LogP contribution >= 0.6 is 0 Å². The van der Waals surface area contributed by atoms with E-state index < -0.39 is 0 Å². The van der Waals surface area contributed by atoms with E-state index in [4.69, 9.17) is 0 Å². The van der Waals surface area contributed by atoms with E-state index in [1.54, 1.807) is 0 Å². The average Bonchev–Trinajstić information content (AvgIpc) is 2.85. The molecule has 1 saturated carbocycles. The lowest BCUT2D eigenvalue weighted by Gasteiger charge is -2.46. The van der Waals surface area contributed by atoms with Gasteiger partial charge in [-0.05, 0) is 65.0 Å². The first kappa shape index (κ1) is 14.0. The highest BCUT2D eigenvalue weighted by molar-refractivity contribution is 5.82. The number of rotatable bonds is 1. The lowest BCUT2D eigenvalue weighted by molar-refractivity contribution is 0.100. The molecule has 0 bridgehead atoms. The Hall–Kier alpha value is -1.63. The Morgan fingerprint density at radius 2 is 1.91 bits per heavy atom. The molecule has 0 spiro atoms. The maximum absolute atomic E-state index is 4.29. The van der Waals surface area contributed by atoms with Gasteiger partial charge in [0.1, 0.15) is 0 Å². The summed E-state index contributed by atoms with van der Waals surface area (Å²) in [6, 6.07) is 9.11. The lowest BCUT2D eigenvalue weighted by atomic mass is 9.58. The Morgan fingerprint density at radius 3 is 2.77 bits per heavy atom. The average molecular weight is 291 g/mol. The van der Waals surface area contributed by atoms with Gasteiger partial charge in [0.05, 0.1) is 0 Å². The molecule has 0 N–H and O–H groups in total. The minimum atomic E-state index is 0.333. The first-order chi connectivity index (χ1) is 10.5. The van der Waals surface area contributed by atoms with E-state index in [-0.39, 0.29) is 0 Å². The van der Waals surface area contributed by atoms with Crippen LogP contribution in [0.3, 0.4) is 0 Å². The molecule has 2 aromatic rings. The number of aromatic nitrogens is 1. The summed E-state index contributed by atoms with van der Waals surface area (Å²) in [6.45, 7) is 7.35. The molecular formula is C21H25N. The zero-order valence-electron chi connectivity index (χ0n) is 13.8. The quantitative estimate of drug-likeness (QED) is 0.612. The third-order valence-corrected chi connectivity index (χ3v) is 6.41. The largest absolute Gasteiger partial charge is 0.264 e. The molecule has 2 aliphatic carbocycles. The molecule has 0 saturated heterocycles. The van der Waals surface area contributed by atoms with E-state index in [0.717, 1.165) is 5.92 Å². The SMILES string of the molecule is CC1(C)C=CCC2(C)C(c3ccc4ccncc4c3)CCC12. The van der Waals surface area contributed by atoms with Crippen LogP contribution in [-0.4, -0.2) is 4.98 Å². The molecule has 1 fully saturated rings. The molecule has 0 radical (unpaired) electrons. The van der Waals surface area contributed by atoms with E-state index in [1.165, 1.54) is 35.6 Å². The van der Waals surface area contributed by atoms with Crippen LogP contribution < -0.4 is 0 Å². The zero-order chi connectivity index (χ0) is 15.4. The topological polar surface area (TPSA) is 12.9 Å². The molecule has 114 valence electrons. The van der Waals surface area contributed by atoms with Gasteiger partial charge in [-0.25, -0.2) is 0 Å². The van der Waals surface area contributed by atoms with Crippen LogP contribution in [0.5, 0.6) is 0 Å². The van der Waals surface area contributed by atoms with Crippen molar-refractivity contribution in [2.45, 2.75) is 46.0 Å². The van der Waals surface area contributed by atoms with Crippen LogP contribution in [0, 0.1) is 16.7 Å². The van der Waals surface area contributed by atoms with E-state index >= 15 is 0 Å². The second-order valence-corrected chi connectivity index (χ2v) is 8.10. The summed E-state index contributed by atoms with van der Waals surface area (Å²) in [5.41, 5.74) is 2.24. The molecule has 22 heavy (non-hydrogen) atoms. The Bertz CT molecular complexity index is 742. The fourth-order valence-corrected chi connectivity index (χ4v) is 5.34. The van der Waals surface area contributed by atoms with Gasteiger partial charge in [0.15, 0.2) is 0 Å². The summed E-state index contributed by atoms with van der Waals surface area (Å²) >= 11 is 0. The number of nitrogens with zero attached hydrogens (tertiary/aromatic N) is 1. The second-order valence-electron chi connectivity index (χ2n) is 8.10. The zero-order valence-corrected chi connectivity index (χ0v) is 13.8. The molecule has 1 heterocycles. The highest BCUT2D eigenvalue weighted by atomic mass is 14.6. The highest BCUT2D eigenvalue weighted by Crippen LogP contribution is 2.62. The van der Waals surface area contributed by atoms with Gasteiger partial charge in [-0.1, -0.05) is 45.1 Å². The minimum Gasteiger partial charge on any atom is -0.264 e. The van der Waals surface area contributed by atoms with Crippen molar-refractivity contribution in [3.8, 4) is 0 Å². The Balaban J connectivity index is 1.77. The molecule has 1 aromatic heterocycles. The second kappa shape index (κ2) is 4.68.